The number of ether oxygens (including phenoxy) is 1. The monoisotopic (exact) mass is 572 g/mol. The summed E-state index contributed by atoms with van der Waals surface area (Å²) in [6, 6.07) is 5.90. The molecule has 0 saturated carbocycles. The number of aromatic nitrogens is 3. The lowest BCUT2D eigenvalue weighted by Crippen LogP contribution is -2.25. The lowest BCUT2D eigenvalue weighted by Gasteiger charge is -2.22. The van der Waals surface area contributed by atoms with Crippen molar-refractivity contribution in [2.75, 3.05) is 7.11 Å². The first-order valence-electron chi connectivity index (χ1n) is 12.1. The van der Waals surface area contributed by atoms with Crippen molar-refractivity contribution >= 4 is 28.2 Å². The lowest BCUT2D eigenvalue weighted by atomic mass is 9.90. The molecular weight excluding hydrogens is 554 g/mol. The quantitative estimate of drug-likeness (QED) is 0.174. The highest BCUT2D eigenvalue weighted by Gasteiger charge is 2.39. The third-order valence-corrected chi connectivity index (χ3v) is 7.16. The summed E-state index contributed by atoms with van der Waals surface area (Å²) in [7, 11) is 2.98. The van der Waals surface area contributed by atoms with E-state index in [0.29, 0.717) is 18.0 Å². The van der Waals surface area contributed by atoms with Crippen LogP contribution in [0.2, 0.25) is 0 Å². The first-order valence-corrected chi connectivity index (χ1v) is 12.1. The van der Waals surface area contributed by atoms with E-state index in [9.17, 15) is 35.9 Å². The van der Waals surface area contributed by atoms with Crippen LogP contribution in [0.4, 0.5) is 26.3 Å². The number of rotatable bonds is 4. The molecule has 0 radical (unpaired) electrons. The van der Waals surface area contributed by atoms with E-state index in [1.165, 1.54) is 34.4 Å². The molecule has 41 heavy (non-hydrogen) atoms. The first kappa shape index (κ1) is 26.6. The van der Waals surface area contributed by atoms with Crippen LogP contribution < -0.4 is 5.32 Å². The molecule has 1 aliphatic rings. The van der Waals surface area contributed by atoms with E-state index in [4.69, 9.17) is 4.74 Å². The number of ketones is 1. The molecule has 1 N–H and O–H groups in total. The second-order valence-electron chi connectivity index (χ2n) is 9.51. The number of hydrogen-bond acceptors (Lipinski definition) is 4. The topological polar surface area (TPSA) is 77.6 Å². The average molecular weight is 572 g/mol. The largest absolute Gasteiger partial charge is 0.417 e. The van der Waals surface area contributed by atoms with E-state index in [0.717, 1.165) is 12.1 Å². The van der Waals surface area contributed by atoms with Gasteiger partial charge in [0.2, 0.25) is 5.78 Å². The maximum absolute atomic E-state index is 14.6. The molecule has 0 unspecified atom stereocenters. The fourth-order valence-corrected chi connectivity index (χ4v) is 5.30. The number of imidazole rings is 1. The highest BCUT2D eigenvalue weighted by atomic mass is 19.4. The minimum absolute atomic E-state index is 0.00367. The number of carbonyl (C=O) groups is 2. The summed E-state index contributed by atoms with van der Waals surface area (Å²) in [5.41, 5.74) is -1.70. The molecule has 4 heterocycles. The van der Waals surface area contributed by atoms with Crippen LogP contribution in [0.3, 0.4) is 0 Å². The van der Waals surface area contributed by atoms with Gasteiger partial charge in [0.25, 0.3) is 5.91 Å². The number of aryl methyl sites for hydroxylation is 1. The van der Waals surface area contributed by atoms with Gasteiger partial charge in [-0.2, -0.15) is 13.2 Å². The van der Waals surface area contributed by atoms with E-state index in [2.05, 4.69) is 10.3 Å². The van der Waals surface area contributed by atoms with Gasteiger partial charge in [0.1, 0.15) is 12.4 Å². The summed E-state index contributed by atoms with van der Waals surface area (Å²) in [5.74, 6) is -6.27. The van der Waals surface area contributed by atoms with Gasteiger partial charge in [0.15, 0.2) is 17.5 Å². The number of carbonyl (C=O) groups excluding carboxylic acids is 2. The van der Waals surface area contributed by atoms with Gasteiger partial charge >= 0.3 is 6.18 Å². The van der Waals surface area contributed by atoms with Crippen molar-refractivity contribution in [2.24, 2.45) is 7.05 Å². The second kappa shape index (κ2) is 9.20. The maximum Gasteiger partial charge on any atom is 0.417 e. The Bertz CT molecular complexity index is 1920. The Morgan fingerprint density at radius 3 is 2.46 bits per heavy atom. The Hall–Kier alpha value is -4.65. The third kappa shape index (κ3) is 3.98. The predicted molar refractivity (Wildman–Crippen MR) is 134 cm³/mol. The number of alkyl halides is 3. The zero-order valence-electron chi connectivity index (χ0n) is 21.3. The lowest BCUT2D eigenvalue weighted by molar-refractivity contribution is -0.137. The highest BCUT2D eigenvalue weighted by Crippen LogP contribution is 2.45. The fourth-order valence-electron chi connectivity index (χ4n) is 5.30. The van der Waals surface area contributed by atoms with E-state index < -0.39 is 46.4 Å². The Balaban J connectivity index is 1.69. The van der Waals surface area contributed by atoms with Crippen LogP contribution in [-0.2, 0) is 31.1 Å². The van der Waals surface area contributed by atoms with Crippen LogP contribution >= 0.6 is 0 Å². The van der Waals surface area contributed by atoms with Crippen molar-refractivity contribution in [1.29, 1.82) is 0 Å². The number of pyridine rings is 1. The van der Waals surface area contributed by atoms with E-state index >= 15 is 0 Å². The van der Waals surface area contributed by atoms with Crippen LogP contribution in [0.25, 0.3) is 27.7 Å². The molecule has 1 aliphatic heterocycles. The number of methoxy groups -OCH3 is 1. The van der Waals surface area contributed by atoms with Gasteiger partial charge in [0.05, 0.1) is 33.4 Å². The number of halogens is 6. The molecule has 0 bridgehead atoms. The van der Waals surface area contributed by atoms with Crippen molar-refractivity contribution in [3.63, 3.8) is 0 Å². The maximum atomic E-state index is 14.6. The Morgan fingerprint density at radius 2 is 1.80 bits per heavy atom. The molecule has 0 spiro atoms. The van der Waals surface area contributed by atoms with Gasteiger partial charge in [0, 0.05) is 49.2 Å². The molecule has 6 rings (SSSR count). The Kier molecular flexibility index (Phi) is 5.96. The van der Waals surface area contributed by atoms with Crippen molar-refractivity contribution in [2.45, 2.75) is 19.3 Å². The van der Waals surface area contributed by atoms with E-state index in [1.54, 1.807) is 7.05 Å². The summed E-state index contributed by atoms with van der Waals surface area (Å²) in [6.45, 7) is -0.288. The van der Waals surface area contributed by atoms with Crippen LogP contribution in [0.5, 0.6) is 0 Å². The molecule has 7 nitrogen and oxygen atoms in total. The number of nitrogens with zero attached hydrogens (tertiary/aromatic N) is 3. The number of fused-ring (bicyclic) bond motifs is 4. The molecular formula is C28H18F6N4O3. The zero-order valence-corrected chi connectivity index (χ0v) is 21.3. The summed E-state index contributed by atoms with van der Waals surface area (Å²) >= 11 is 0. The normalized spacial score (nSPS) is 13.3. The molecule has 0 saturated heterocycles. The average Bonchev–Trinajstić information content (AvgIpc) is 3.46. The molecule has 3 aromatic heterocycles. The molecule has 5 aromatic rings. The number of benzene rings is 2. The van der Waals surface area contributed by atoms with Gasteiger partial charge < -0.3 is 19.0 Å². The summed E-state index contributed by atoms with van der Waals surface area (Å²) in [6.07, 6.45) is -3.49. The van der Waals surface area contributed by atoms with Crippen LogP contribution in [0, 0.1) is 17.5 Å². The van der Waals surface area contributed by atoms with Gasteiger partial charge in [-0.25, -0.2) is 18.2 Å². The molecule has 0 fully saturated rings. The molecule has 210 valence electrons. The Morgan fingerprint density at radius 1 is 1.10 bits per heavy atom. The predicted octanol–water partition coefficient (Wildman–Crippen LogP) is 5.55. The molecule has 0 atom stereocenters. The Labute approximate surface area is 227 Å². The molecule has 13 heteroatoms. The molecule has 1 amide bonds. The van der Waals surface area contributed by atoms with Gasteiger partial charge in [-0.3, -0.25) is 9.59 Å². The van der Waals surface area contributed by atoms with E-state index in [-0.39, 0.29) is 57.6 Å². The van der Waals surface area contributed by atoms with Crippen molar-refractivity contribution < 1.29 is 40.7 Å². The third-order valence-electron chi connectivity index (χ3n) is 7.16. The standard InChI is InChI=1S/C28H18F6N4O3/c1-37-19-9-16(28(32,33)34)22-13-4-3-5-38-20(26(39)12-6-17(29)23(31)18(30)7-12)8-14(25(13)38)27(40)35-10-15(22)24(19)36-21(37)11-41-2/h3-9H,10-11H2,1-2H3,(H,35,40). The fraction of sp³-hybridized carbons (Fsp3) is 0.179. The SMILES string of the molecule is COCc1nc2c3c(c(C(F)(F)F)cc2n1C)-c1cccn2c(C(=O)c4cc(F)c(F)c(F)c4)cc(c12)C(=O)NC3. The summed E-state index contributed by atoms with van der Waals surface area (Å²) in [4.78, 5) is 31.2. The molecule has 2 aromatic carbocycles. The molecule has 0 aliphatic carbocycles. The van der Waals surface area contributed by atoms with Crippen LogP contribution in [0.15, 0.2) is 42.6 Å². The second-order valence-corrected chi connectivity index (χ2v) is 9.51. The van der Waals surface area contributed by atoms with E-state index in [1.807, 2.05) is 0 Å². The highest BCUT2D eigenvalue weighted by molar-refractivity contribution is 6.14. The van der Waals surface area contributed by atoms with Crippen molar-refractivity contribution in [3.05, 3.63) is 93.8 Å². The van der Waals surface area contributed by atoms with Gasteiger partial charge in [-0.15, -0.1) is 0 Å². The summed E-state index contributed by atoms with van der Waals surface area (Å²) < 4.78 is 93.0. The minimum atomic E-state index is -4.82. The van der Waals surface area contributed by atoms with Crippen molar-refractivity contribution in [3.8, 4) is 11.1 Å². The van der Waals surface area contributed by atoms with Gasteiger partial charge in [-0.1, -0.05) is 6.07 Å². The minimum Gasteiger partial charge on any atom is -0.377 e. The first-order chi connectivity index (χ1) is 19.4. The van der Waals surface area contributed by atoms with Gasteiger partial charge in [-0.05, 0) is 30.3 Å². The zero-order chi connectivity index (χ0) is 29.4. The number of nitrogens with one attached hydrogen (secondary N) is 1. The number of amides is 1. The van der Waals surface area contributed by atoms with Crippen LogP contribution in [-0.4, -0.2) is 32.8 Å². The number of hydrogen-bond donors (Lipinski definition) is 1. The smallest absolute Gasteiger partial charge is 0.377 e. The van der Waals surface area contributed by atoms with Crippen LogP contribution in [0.1, 0.15) is 43.4 Å². The van der Waals surface area contributed by atoms with Crippen molar-refractivity contribution in [1.82, 2.24) is 19.3 Å². The summed E-state index contributed by atoms with van der Waals surface area (Å²) in [5, 5.41) is 2.61.